The summed E-state index contributed by atoms with van der Waals surface area (Å²) in [6.07, 6.45) is 10.4. The molecule has 3 N–H and O–H groups in total. The topological polar surface area (TPSA) is 77.8 Å². The summed E-state index contributed by atoms with van der Waals surface area (Å²) in [5, 5.41) is 30.5. The zero-order valence-electron chi connectivity index (χ0n) is 18.6. The minimum atomic E-state index is -0.682. The van der Waals surface area contributed by atoms with Gasteiger partial charge in [-0.25, -0.2) is 0 Å². The van der Waals surface area contributed by atoms with Crippen molar-refractivity contribution in [2.45, 2.75) is 104 Å². The largest absolute Gasteiger partial charge is 0.481 e. The van der Waals surface area contributed by atoms with Crippen LogP contribution in [0.5, 0.6) is 0 Å². The highest BCUT2D eigenvalue weighted by molar-refractivity contribution is 5.66. The Hall–Kier alpha value is -0.610. The van der Waals surface area contributed by atoms with Crippen LogP contribution in [0.25, 0.3) is 0 Å². The van der Waals surface area contributed by atoms with E-state index in [9.17, 15) is 15.0 Å². The Kier molecular flexibility index (Phi) is 5.83. The van der Waals surface area contributed by atoms with Crippen molar-refractivity contribution in [1.82, 2.24) is 0 Å². The van der Waals surface area contributed by atoms with Gasteiger partial charge in [0, 0.05) is 6.42 Å². The molecule has 0 radical (unpaired) electrons. The summed E-state index contributed by atoms with van der Waals surface area (Å²) in [5.41, 5.74) is 0.581. The average molecular weight is 407 g/mol. The molecule has 4 heteroatoms. The number of aliphatic hydroxyl groups is 2. The molecular formula is C25H42O4. The van der Waals surface area contributed by atoms with Gasteiger partial charge in [-0.15, -0.1) is 0 Å². The lowest BCUT2D eigenvalue weighted by atomic mass is 9.43. The van der Waals surface area contributed by atoms with Gasteiger partial charge in [-0.2, -0.15) is 0 Å². The highest BCUT2D eigenvalue weighted by atomic mass is 16.4. The van der Waals surface area contributed by atoms with E-state index in [1.807, 2.05) is 0 Å². The SMILES string of the molecule is CC(CCCC(=O)O)C1CCC2C3C(CC[C@]12C)[C@@]1(C)CC[C@@H](O)C[C@H]1C[C@@H]3O. The average Bonchev–Trinajstić information content (AvgIpc) is 3.00. The van der Waals surface area contributed by atoms with Crippen LogP contribution in [0.15, 0.2) is 0 Å². The first-order valence-electron chi connectivity index (χ1n) is 12.2. The molecule has 0 spiro atoms. The van der Waals surface area contributed by atoms with Gasteiger partial charge in [0.05, 0.1) is 12.2 Å². The van der Waals surface area contributed by atoms with E-state index in [1.165, 1.54) is 25.7 Å². The van der Waals surface area contributed by atoms with Crippen LogP contribution in [0.4, 0.5) is 0 Å². The van der Waals surface area contributed by atoms with Gasteiger partial charge >= 0.3 is 5.97 Å². The van der Waals surface area contributed by atoms with Gasteiger partial charge in [0.25, 0.3) is 0 Å². The molecular weight excluding hydrogens is 364 g/mol. The molecule has 4 nitrogen and oxygen atoms in total. The Morgan fingerprint density at radius 3 is 2.41 bits per heavy atom. The second kappa shape index (κ2) is 7.82. The number of carboxylic acid groups (broad SMARTS) is 1. The van der Waals surface area contributed by atoms with Crippen molar-refractivity contribution in [3.05, 3.63) is 0 Å². The fraction of sp³-hybridized carbons (Fsp3) is 0.960. The lowest BCUT2D eigenvalue weighted by Crippen LogP contribution is -2.58. The maximum atomic E-state index is 11.3. The number of hydrogen-bond acceptors (Lipinski definition) is 3. The minimum Gasteiger partial charge on any atom is -0.481 e. The molecule has 0 aromatic rings. The van der Waals surface area contributed by atoms with Gasteiger partial charge in [0.15, 0.2) is 0 Å². The predicted octanol–water partition coefficient (Wildman–Crippen LogP) is 4.87. The van der Waals surface area contributed by atoms with Crippen molar-refractivity contribution in [3.63, 3.8) is 0 Å². The van der Waals surface area contributed by atoms with E-state index in [-0.39, 0.29) is 24.0 Å². The van der Waals surface area contributed by atoms with E-state index in [0.717, 1.165) is 38.5 Å². The number of aliphatic carboxylic acids is 1. The number of carbonyl (C=O) groups is 1. The van der Waals surface area contributed by atoms with E-state index in [2.05, 4.69) is 20.8 Å². The molecule has 4 fully saturated rings. The van der Waals surface area contributed by atoms with Gasteiger partial charge in [-0.1, -0.05) is 20.8 Å². The maximum absolute atomic E-state index is 11.3. The Balaban J connectivity index is 1.51. The minimum absolute atomic E-state index is 0.173. The van der Waals surface area contributed by atoms with E-state index in [1.54, 1.807) is 0 Å². The third-order valence-corrected chi connectivity index (χ3v) is 10.5. The monoisotopic (exact) mass is 406 g/mol. The van der Waals surface area contributed by atoms with Crippen molar-refractivity contribution in [2.75, 3.05) is 0 Å². The van der Waals surface area contributed by atoms with E-state index in [4.69, 9.17) is 5.11 Å². The Morgan fingerprint density at radius 1 is 1.00 bits per heavy atom. The van der Waals surface area contributed by atoms with Crippen molar-refractivity contribution >= 4 is 5.97 Å². The maximum Gasteiger partial charge on any atom is 0.303 e. The first-order chi connectivity index (χ1) is 13.7. The normalized spacial score (nSPS) is 50.3. The highest BCUT2D eigenvalue weighted by Crippen LogP contribution is 2.68. The summed E-state index contributed by atoms with van der Waals surface area (Å²) in [6.45, 7) is 7.30. The second-order valence-electron chi connectivity index (χ2n) is 11.7. The van der Waals surface area contributed by atoms with Crippen LogP contribution in [-0.2, 0) is 4.79 Å². The molecule has 4 aliphatic carbocycles. The molecule has 166 valence electrons. The quantitative estimate of drug-likeness (QED) is 0.609. The zero-order chi connectivity index (χ0) is 21.0. The number of carboxylic acids is 1. The van der Waals surface area contributed by atoms with Crippen LogP contribution in [0, 0.1) is 46.3 Å². The number of rotatable bonds is 5. The molecule has 0 saturated heterocycles. The fourth-order valence-corrected chi connectivity index (χ4v) is 8.95. The fourth-order valence-electron chi connectivity index (χ4n) is 8.95. The lowest BCUT2D eigenvalue weighted by molar-refractivity contribution is -0.174. The first-order valence-corrected chi connectivity index (χ1v) is 12.2. The molecule has 0 aromatic carbocycles. The number of fused-ring (bicyclic) bond motifs is 5. The molecule has 0 aromatic heterocycles. The summed E-state index contributed by atoms with van der Waals surface area (Å²) in [4.78, 5) is 10.9. The standard InChI is InChI=1S/C25H42O4/c1-15(5-4-6-22(28)29)18-7-8-19-23-20(10-12-25(18,19)3)24(2)11-9-17(26)13-16(24)14-21(23)27/h15-21,23,26-27H,4-14H2,1-3H3,(H,28,29)/t15?,16-,17+,18?,19?,20?,21-,23?,24-,25+/m0/s1. The highest BCUT2D eigenvalue weighted by Gasteiger charge is 2.62. The Bertz CT molecular complexity index is 620. The zero-order valence-corrected chi connectivity index (χ0v) is 18.6. The van der Waals surface area contributed by atoms with Crippen molar-refractivity contribution < 1.29 is 20.1 Å². The number of aliphatic hydroxyl groups excluding tert-OH is 2. The third-order valence-electron chi connectivity index (χ3n) is 10.5. The first kappa shape index (κ1) is 21.6. The van der Waals surface area contributed by atoms with E-state index < -0.39 is 5.97 Å². The molecule has 0 bridgehead atoms. The Morgan fingerprint density at radius 2 is 1.69 bits per heavy atom. The van der Waals surface area contributed by atoms with Crippen molar-refractivity contribution in [3.8, 4) is 0 Å². The molecule has 10 atom stereocenters. The van der Waals surface area contributed by atoms with Crippen LogP contribution in [0.3, 0.4) is 0 Å². The van der Waals surface area contributed by atoms with Crippen LogP contribution in [-0.4, -0.2) is 33.5 Å². The molecule has 0 amide bonds. The van der Waals surface area contributed by atoms with Gasteiger partial charge in [0.1, 0.15) is 0 Å². The third kappa shape index (κ3) is 3.56. The second-order valence-corrected chi connectivity index (χ2v) is 11.7. The van der Waals surface area contributed by atoms with E-state index >= 15 is 0 Å². The van der Waals surface area contributed by atoms with Gasteiger partial charge < -0.3 is 15.3 Å². The molecule has 4 saturated carbocycles. The van der Waals surface area contributed by atoms with Crippen LogP contribution < -0.4 is 0 Å². The summed E-state index contributed by atoms with van der Waals surface area (Å²) < 4.78 is 0. The summed E-state index contributed by atoms with van der Waals surface area (Å²) in [6, 6.07) is 0. The molecule has 4 rings (SSSR count). The van der Waals surface area contributed by atoms with E-state index in [0.29, 0.717) is 40.9 Å². The molecule has 5 unspecified atom stereocenters. The molecule has 29 heavy (non-hydrogen) atoms. The predicted molar refractivity (Wildman–Crippen MR) is 113 cm³/mol. The van der Waals surface area contributed by atoms with Gasteiger partial charge in [-0.3, -0.25) is 4.79 Å². The molecule has 0 heterocycles. The van der Waals surface area contributed by atoms with Crippen LogP contribution >= 0.6 is 0 Å². The van der Waals surface area contributed by atoms with Gasteiger partial charge in [-0.05, 0) is 111 Å². The molecule has 4 aliphatic rings. The van der Waals surface area contributed by atoms with Gasteiger partial charge in [0.2, 0.25) is 0 Å². The molecule has 0 aliphatic heterocycles. The lowest BCUT2D eigenvalue weighted by Gasteiger charge is -2.62. The number of hydrogen-bond donors (Lipinski definition) is 3. The van der Waals surface area contributed by atoms with Crippen LogP contribution in [0.1, 0.15) is 91.4 Å². The van der Waals surface area contributed by atoms with Crippen molar-refractivity contribution in [1.29, 1.82) is 0 Å². The summed E-state index contributed by atoms with van der Waals surface area (Å²) in [7, 11) is 0. The van der Waals surface area contributed by atoms with Crippen LogP contribution in [0.2, 0.25) is 0 Å². The summed E-state index contributed by atoms with van der Waals surface area (Å²) >= 11 is 0. The van der Waals surface area contributed by atoms with Crippen molar-refractivity contribution in [2.24, 2.45) is 46.3 Å². The summed E-state index contributed by atoms with van der Waals surface area (Å²) in [5.74, 6) is 2.64. The Labute approximate surface area is 176 Å². The smallest absolute Gasteiger partial charge is 0.303 e.